The highest BCUT2D eigenvalue weighted by Gasteiger charge is 2.63. The maximum atomic E-state index is 11.9. The quantitative estimate of drug-likeness (QED) is 0.833. The number of hydrogen-bond donors (Lipinski definition) is 1. The fraction of sp³-hybridized carbons (Fsp3) is 0.810. The third kappa shape index (κ3) is 2.29. The van der Waals surface area contributed by atoms with E-state index in [-0.39, 0.29) is 23.0 Å². The summed E-state index contributed by atoms with van der Waals surface area (Å²) >= 11 is 0. The van der Waals surface area contributed by atoms with Gasteiger partial charge in [-0.2, -0.15) is 0 Å². The molecular formula is C21H29O4-. The number of carboxylic acid groups (broad SMARTS) is 1. The number of allylic oxidation sites excluding steroid dienone is 1. The molecule has 0 aliphatic heterocycles. The van der Waals surface area contributed by atoms with Crippen LogP contribution in [-0.4, -0.2) is 22.5 Å². The Balaban J connectivity index is 1.66. The van der Waals surface area contributed by atoms with Crippen molar-refractivity contribution in [3.63, 3.8) is 0 Å². The molecule has 4 heteroatoms. The van der Waals surface area contributed by atoms with Gasteiger partial charge < -0.3 is 15.0 Å². The number of carbonyl (C=O) groups is 2. The number of fused-ring (bicyclic) bond motifs is 5. The van der Waals surface area contributed by atoms with Crippen LogP contribution in [0.25, 0.3) is 0 Å². The molecule has 4 rings (SSSR count). The lowest BCUT2D eigenvalue weighted by atomic mass is 9.46. The van der Waals surface area contributed by atoms with Crippen molar-refractivity contribution in [2.45, 2.75) is 77.2 Å². The fourth-order valence-electron chi connectivity index (χ4n) is 7.20. The van der Waals surface area contributed by atoms with Gasteiger partial charge in [-0.3, -0.25) is 4.79 Å². The number of rotatable bonds is 2. The first-order valence-electron chi connectivity index (χ1n) is 9.86. The molecule has 6 unspecified atom stereocenters. The number of aliphatic hydroxyl groups is 1. The molecule has 6 atom stereocenters. The van der Waals surface area contributed by atoms with Gasteiger partial charge >= 0.3 is 0 Å². The average Bonchev–Trinajstić information content (AvgIpc) is 2.79. The Morgan fingerprint density at radius 3 is 2.60 bits per heavy atom. The highest BCUT2D eigenvalue weighted by molar-refractivity contribution is 5.91. The first-order chi connectivity index (χ1) is 11.7. The van der Waals surface area contributed by atoms with E-state index in [0.29, 0.717) is 30.6 Å². The molecule has 0 aromatic heterocycles. The third-order valence-electron chi connectivity index (χ3n) is 8.72. The second-order valence-corrected chi connectivity index (χ2v) is 9.54. The molecule has 138 valence electrons. The molecule has 1 N–H and O–H groups in total. The van der Waals surface area contributed by atoms with Gasteiger partial charge in [0.1, 0.15) is 0 Å². The van der Waals surface area contributed by atoms with E-state index in [1.807, 2.05) is 6.08 Å². The molecule has 0 aromatic rings. The zero-order chi connectivity index (χ0) is 18.0. The zero-order valence-electron chi connectivity index (χ0n) is 15.3. The summed E-state index contributed by atoms with van der Waals surface area (Å²) in [5.74, 6) is 0.606. The predicted molar refractivity (Wildman–Crippen MR) is 91.3 cm³/mol. The van der Waals surface area contributed by atoms with Gasteiger partial charge in [-0.05, 0) is 79.6 Å². The van der Waals surface area contributed by atoms with Gasteiger partial charge in [-0.15, -0.1) is 0 Å². The minimum absolute atomic E-state index is 0.118. The maximum absolute atomic E-state index is 11.9. The van der Waals surface area contributed by atoms with Gasteiger partial charge in [0.05, 0.1) is 5.60 Å². The number of carboxylic acids is 1. The molecule has 25 heavy (non-hydrogen) atoms. The molecule has 4 aliphatic carbocycles. The largest absolute Gasteiger partial charge is 0.550 e. The van der Waals surface area contributed by atoms with Crippen LogP contribution in [0.2, 0.25) is 0 Å². The van der Waals surface area contributed by atoms with Crippen molar-refractivity contribution in [1.82, 2.24) is 0 Å². The van der Waals surface area contributed by atoms with Crippen LogP contribution in [-0.2, 0) is 9.59 Å². The molecule has 0 amide bonds. The van der Waals surface area contributed by atoms with Gasteiger partial charge in [-0.1, -0.05) is 19.4 Å². The topological polar surface area (TPSA) is 77.4 Å². The van der Waals surface area contributed by atoms with Gasteiger partial charge in [0.25, 0.3) is 0 Å². The molecular weight excluding hydrogens is 316 g/mol. The Hall–Kier alpha value is -1.16. The Morgan fingerprint density at radius 1 is 1.16 bits per heavy atom. The standard InChI is InChI=1S/C21H30O4/c1-19-8-5-14(22)11-13(19)3-4-15-16(19)6-9-20(2)17(15)7-10-21(20,25)12-18(23)24/h11,15-17,25H,3-10,12H2,1-2H3,(H,23,24)/p-1. The van der Waals surface area contributed by atoms with Crippen LogP contribution in [0.1, 0.15) is 71.6 Å². The highest BCUT2D eigenvalue weighted by atomic mass is 16.4. The molecule has 0 spiro atoms. The molecule has 0 bridgehead atoms. The van der Waals surface area contributed by atoms with Crippen LogP contribution in [0.4, 0.5) is 0 Å². The lowest BCUT2D eigenvalue weighted by molar-refractivity contribution is -0.311. The van der Waals surface area contributed by atoms with E-state index in [0.717, 1.165) is 38.5 Å². The van der Waals surface area contributed by atoms with E-state index >= 15 is 0 Å². The molecule has 3 fully saturated rings. The smallest absolute Gasteiger partial charge is 0.155 e. The minimum atomic E-state index is -1.14. The number of ketones is 1. The molecule has 4 nitrogen and oxygen atoms in total. The monoisotopic (exact) mass is 345 g/mol. The fourth-order valence-corrected chi connectivity index (χ4v) is 7.20. The maximum Gasteiger partial charge on any atom is 0.155 e. The summed E-state index contributed by atoms with van der Waals surface area (Å²) in [6.07, 6.45) is 8.71. The van der Waals surface area contributed by atoms with E-state index in [1.165, 1.54) is 5.57 Å². The molecule has 0 radical (unpaired) electrons. The van der Waals surface area contributed by atoms with Crippen molar-refractivity contribution in [1.29, 1.82) is 0 Å². The Labute approximate surface area is 149 Å². The van der Waals surface area contributed by atoms with Gasteiger partial charge in [-0.25, -0.2) is 0 Å². The second kappa shape index (κ2) is 5.42. The van der Waals surface area contributed by atoms with Gasteiger partial charge in [0.2, 0.25) is 0 Å². The molecule has 0 heterocycles. The highest BCUT2D eigenvalue weighted by Crippen LogP contribution is 2.67. The van der Waals surface area contributed by atoms with Crippen molar-refractivity contribution >= 4 is 11.8 Å². The summed E-state index contributed by atoms with van der Waals surface area (Å²) in [6, 6.07) is 0. The summed E-state index contributed by atoms with van der Waals surface area (Å²) in [4.78, 5) is 23.1. The van der Waals surface area contributed by atoms with E-state index in [9.17, 15) is 19.8 Å². The summed E-state index contributed by atoms with van der Waals surface area (Å²) < 4.78 is 0. The van der Waals surface area contributed by atoms with E-state index in [1.54, 1.807) is 0 Å². The van der Waals surface area contributed by atoms with Crippen LogP contribution in [0.15, 0.2) is 11.6 Å². The van der Waals surface area contributed by atoms with Crippen LogP contribution in [0.5, 0.6) is 0 Å². The van der Waals surface area contributed by atoms with Crippen molar-refractivity contribution < 1.29 is 19.8 Å². The summed E-state index contributed by atoms with van der Waals surface area (Å²) in [5, 5.41) is 22.4. The third-order valence-corrected chi connectivity index (χ3v) is 8.72. The summed E-state index contributed by atoms with van der Waals surface area (Å²) in [6.45, 7) is 4.45. The van der Waals surface area contributed by atoms with Crippen molar-refractivity contribution in [3.05, 3.63) is 11.6 Å². The SMILES string of the molecule is CC12CCC(=O)C=C1CCC1C2CCC2(C)C1CCC2(O)CC(=O)[O-]. The molecule has 0 aromatic carbocycles. The average molecular weight is 345 g/mol. The van der Waals surface area contributed by atoms with Crippen LogP contribution < -0.4 is 5.11 Å². The number of carbonyl (C=O) groups excluding carboxylic acids is 2. The first-order valence-corrected chi connectivity index (χ1v) is 9.86. The Kier molecular flexibility index (Phi) is 3.74. The molecule has 3 saturated carbocycles. The second-order valence-electron chi connectivity index (χ2n) is 9.54. The number of hydrogen-bond acceptors (Lipinski definition) is 4. The summed E-state index contributed by atoms with van der Waals surface area (Å²) in [5.41, 5.74) is 0.0152. The lowest BCUT2D eigenvalue weighted by Gasteiger charge is -2.59. The van der Waals surface area contributed by atoms with Crippen LogP contribution >= 0.6 is 0 Å². The number of aliphatic carboxylic acids is 1. The van der Waals surface area contributed by atoms with E-state index in [2.05, 4.69) is 13.8 Å². The van der Waals surface area contributed by atoms with Gasteiger partial charge in [0, 0.05) is 18.8 Å². The van der Waals surface area contributed by atoms with Crippen molar-refractivity contribution in [2.24, 2.45) is 28.6 Å². The summed E-state index contributed by atoms with van der Waals surface area (Å²) in [7, 11) is 0. The minimum Gasteiger partial charge on any atom is -0.550 e. The van der Waals surface area contributed by atoms with Crippen LogP contribution in [0, 0.1) is 28.6 Å². The normalized spacial score (nSPS) is 49.0. The van der Waals surface area contributed by atoms with Crippen molar-refractivity contribution in [3.8, 4) is 0 Å². The van der Waals surface area contributed by atoms with Crippen LogP contribution in [0.3, 0.4) is 0 Å². The predicted octanol–water partition coefficient (Wildman–Crippen LogP) is 2.39. The molecule has 4 aliphatic rings. The van der Waals surface area contributed by atoms with Gasteiger partial charge in [0.15, 0.2) is 5.78 Å². The first kappa shape index (κ1) is 17.3. The zero-order valence-corrected chi connectivity index (χ0v) is 15.3. The van der Waals surface area contributed by atoms with E-state index < -0.39 is 11.6 Å². The molecule has 0 saturated heterocycles. The Morgan fingerprint density at radius 2 is 1.88 bits per heavy atom. The van der Waals surface area contributed by atoms with Crippen molar-refractivity contribution in [2.75, 3.05) is 0 Å². The lowest BCUT2D eigenvalue weighted by Crippen LogP contribution is -2.56. The Bertz CT molecular complexity index is 652. The van der Waals surface area contributed by atoms with E-state index in [4.69, 9.17) is 0 Å².